The number of amides is 2. The van der Waals surface area contributed by atoms with Crippen molar-refractivity contribution in [3.05, 3.63) is 0 Å². The summed E-state index contributed by atoms with van der Waals surface area (Å²) < 4.78 is 11.4. The third-order valence-electron chi connectivity index (χ3n) is 3.64. The summed E-state index contributed by atoms with van der Waals surface area (Å²) in [4.78, 5) is 25.6. The lowest BCUT2D eigenvalue weighted by atomic mass is 10.1. The molecule has 5 nitrogen and oxygen atoms in total. The maximum Gasteiger partial charge on any atom is 0.245 e. The van der Waals surface area contributed by atoms with Crippen LogP contribution in [0, 0.1) is 5.92 Å². The van der Waals surface area contributed by atoms with Gasteiger partial charge in [0.1, 0.15) is 6.04 Å². The van der Waals surface area contributed by atoms with Gasteiger partial charge in [0, 0.05) is 41.8 Å². The first-order valence-electron chi connectivity index (χ1n) is 6.39. The summed E-state index contributed by atoms with van der Waals surface area (Å²) >= 11 is 0. The minimum Gasteiger partial charge on any atom is -0.344 e. The first kappa shape index (κ1) is 13.5. The van der Waals surface area contributed by atoms with Gasteiger partial charge in [0.15, 0.2) is 0 Å². The molecule has 1 saturated heterocycles. The van der Waals surface area contributed by atoms with E-state index in [9.17, 15) is 13.8 Å². The van der Waals surface area contributed by atoms with Gasteiger partial charge in [0.2, 0.25) is 11.8 Å². The highest BCUT2D eigenvalue weighted by Gasteiger charge is 2.41. The third-order valence-corrected chi connectivity index (χ3v) is 4.92. The Morgan fingerprint density at radius 1 is 1.44 bits per heavy atom. The van der Waals surface area contributed by atoms with Crippen LogP contribution in [0.2, 0.25) is 0 Å². The molecule has 2 aliphatic rings. The predicted molar refractivity (Wildman–Crippen MR) is 69.4 cm³/mol. The van der Waals surface area contributed by atoms with Crippen molar-refractivity contribution in [3.63, 3.8) is 0 Å². The highest BCUT2D eigenvalue weighted by atomic mass is 32.2. The molecule has 0 aromatic heterocycles. The Morgan fingerprint density at radius 3 is 2.67 bits per heavy atom. The van der Waals surface area contributed by atoms with Crippen LogP contribution < -0.4 is 5.32 Å². The quantitative estimate of drug-likeness (QED) is 0.776. The van der Waals surface area contributed by atoms with E-state index in [2.05, 4.69) is 5.32 Å². The Balaban J connectivity index is 2.06. The van der Waals surface area contributed by atoms with Crippen LogP contribution in [0.5, 0.6) is 0 Å². The first-order chi connectivity index (χ1) is 8.49. The van der Waals surface area contributed by atoms with Crippen LogP contribution in [-0.4, -0.2) is 51.6 Å². The molecule has 3 unspecified atom stereocenters. The molecule has 2 rings (SSSR count). The van der Waals surface area contributed by atoms with E-state index in [1.54, 1.807) is 11.2 Å². The van der Waals surface area contributed by atoms with Crippen LogP contribution in [0.4, 0.5) is 0 Å². The second kappa shape index (κ2) is 5.38. The van der Waals surface area contributed by atoms with Gasteiger partial charge in [0.25, 0.3) is 0 Å². The highest BCUT2D eigenvalue weighted by molar-refractivity contribution is 7.84. The standard InChI is InChI=1S/C12H20N2O3S/c1-8(18(2)17)7-14-6-5-10(15)13-11(12(14)16)9-3-4-9/h8-9,11H,3-7H2,1-2H3,(H,13,15). The molecule has 0 radical (unpaired) electrons. The molecular formula is C12H20N2O3S. The fraction of sp³-hybridized carbons (Fsp3) is 0.833. The average Bonchev–Trinajstić information content (AvgIpc) is 3.13. The van der Waals surface area contributed by atoms with E-state index in [1.807, 2.05) is 6.92 Å². The normalized spacial score (nSPS) is 28.6. The van der Waals surface area contributed by atoms with Gasteiger partial charge in [-0.15, -0.1) is 0 Å². The smallest absolute Gasteiger partial charge is 0.245 e. The fourth-order valence-electron chi connectivity index (χ4n) is 2.20. The molecule has 0 aromatic rings. The van der Waals surface area contributed by atoms with E-state index in [0.717, 1.165) is 12.8 Å². The van der Waals surface area contributed by atoms with Gasteiger partial charge >= 0.3 is 0 Å². The minimum atomic E-state index is -0.947. The molecule has 1 N–H and O–H groups in total. The van der Waals surface area contributed by atoms with E-state index in [0.29, 0.717) is 25.4 Å². The van der Waals surface area contributed by atoms with Crippen LogP contribution in [0.3, 0.4) is 0 Å². The molecule has 1 saturated carbocycles. The van der Waals surface area contributed by atoms with Crippen LogP contribution in [0.25, 0.3) is 0 Å². The third kappa shape index (κ3) is 3.10. The average molecular weight is 272 g/mol. The van der Waals surface area contributed by atoms with Crippen molar-refractivity contribution >= 4 is 22.6 Å². The van der Waals surface area contributed by atoms with Crippen molar-refractivity contribution in [1.29, 1.82) is 0 Å². The number of hydrogen-bond donors (Lipinski definition) is 1. The van der Waals surface area contributed by atoms with Gasteiger partial charge in [-0.2, -0.15) is 0 Å². The van der Waals surface area contributed by atoms with Gasteiger partial charge in [-0.1, -0.05) is 0 Å². The Kier molecular flexibility index (Phi) is 4.04. The van der Waals surface area contributed by atoms with Crippen molar-refractivity contribution in [3.8, 4) is 0 Å². The molecule has 2 fully saturated rings. The number of rotatable bonds is 4. The summed E-state index contributed by atoms with van der Waals surface area (Å²) in [6.07, 6.45) is 4.02. The molecule has 18 heavy (non-hydrogen) atoms. The number of hydrogen-bond acceptors (Lipinski definition) is 3. The zero-order valence-corrected chi connectivity index (χ0v) is 11.7. The van der Waals surface area contributed by atoms with Crippen LogP contribution in [-0.2, 0) is 20.4 Å². The lowest BCUT2D eigenvalue weighted by molar-refractivity contribution is -0.134. The summed E-state index contributed by atoms with van der Waals surface area (Å²) in [6.45, 7) is 2.78. The summed E-state index contributed by atoms with van der Waals surface area (Å²) in [7, 11) is -0.947. The molecule has 0 aromatic carbocycles. The lowest BCUT2D eigenvalue weighted by Gasteiger charge is -2.26. The Morgan fingerprint density at radius 2 is 2.11 bits per heavy atom. The van der Waals surface area contributed by atoms with Crippen molar-refractivity contribution in [2.24, 2.45) is 5.92 Å². The molecule has 6 heteroatoms. The number of nitrogens with zero attached hydrogens (tertiary/aromatic N) is 1. The molecular weight excluding hydrogens is 252 g/mol. The lowest BCUT2D eigenvalue weighted by Crippen LogP contribution is -2.48. The van der Waals surface area contributed by atoms with E-state index in [1.165, 1.54) is 0 Å². The van der Waals surface area contributed by atoms with Crippen molar-refractivity contribution < 1.29 is 13.8 Å². The largest absolute Gasteiger partial charge is 0.344 e. The van der Waals surface area contributed by atoms with Crippen molar-refractivity contribution in [2.75, 3.05) is 19.3 Å². The highest BCUT2D eigenvalue weighted by Crippen LogP contribution is 2.34. The molecule has 1 aliphatic heterocycles. The van der Waals surface area contributed by atoms with Crippen molar-refractivity contribution in [1.82, 2.24) is 10.2 Å². The van der Waals surface area contributed by atoms with Crippen LogP contribution in [0.1, 0.15) is 26.2 Å². The summed E-state index contributed by atoms with van der Waals surface area (Å²) in [6, 6.07) is -0.350. The van der Waals surface area contributed by atoms with Gasteiger partial charge in [0.05, 0.1) is 0 Å². The molecule has 3 atom stereocenters. The maximum atomic E-state index is 12.3. The molecule has 1 heterocycles. The van der Waals surface area contributed by atoms with Gasteiger partial charge in [-0.25, -0.2) is 0 Å². The van der Waals surface area contributed by atoms with E-state index < -0.39 is 10.8 Å². The van der Waals surface area contributed by atoms with E-state index >= 15 is 0 Å². The van der Waals surface area contributed by atoms with Crippen LogP contribution in [0.15, 0.2) is 0 Å². The summed E-state index contributed by atoms with van der Waals surface area (Å²) in [5, 5.41) is 2.76. The molecule has 1 aliphatic carbocycles. The fourth-order valence-corrected chi connectivity index (χ4v) is 2.59. The van der Waals surface area contributed by atoms with Gasteiger partial charge in [-0.3, -0.25) is 13.8 Å². The second-order valence-corrected chi connectivity index (χ2v) is 7.03. The SMILES string of the molecule is CC(CN1CCC(=O)NC(C2CC2)C1=O)S(C)=O. The van der Waals surface area contributed by atoms with Gasteiger partial charge < -0.3 is 10.2 Å². The second-order valence-electron chi connectivity index (χ2n) is 5.23. The van der Waals surface area contributed by atoms with E-state index in [-0.39, 0.29) is 23.1 Å². The first-order valence-corrected chi connectivity index (χ1v) is 8.01. The summed E-state index contributed by atoms with van der Waals surface area (Å²) in [5.41, 5.74) is 0. The number of carbonyl (C=O) groups is 2. The molecule has 0 spiro atoms. The maximum absolute atomic E-state index is 12.3. The molecule has 102 valence electrons. The van der Waals surface area contributed by atoms with E-state index in [4.69, 9.17) is 0 Å². The summed E-state index contributed by atoms with van der Waals surface area (Å²) in [5.74, 6) is 0.262. The zero-order chi connectivity index (χ0) is 13.3. The molecule has 0 bridgehead atoms. The Bertz CT molecular complexity index is 382. The number of nitrogens with one attached hydrogen (secondary N) is 1. The Labute approximate surface area is 110 Å². The van der Waals surface area contributed by atoms with Crippen LogP contribution >= 0.6 is 0 Å². The minimum absolute atomic E-state index is 0.000602. The molecule has 2 amide bonds. The topological polar surface area (TPSA) is 66.5 Å². The Hall–Kier alpha value is -0.910. The predicted octanol–water partition coefficient (Wildman–Crippen LogP) is -0.119. The van der Waals surface area contributed by atoms with Crippen molar-refractivity contribution in [2.45, 2.75) is 37.5 Å². The van der Waals surface area contributed by atoms with Gasteiger partial charge in [-0.05, 0) is 25.7 Å². The monoisotopic (exact) mass is 272 g/mol. The number of carbonyl (C=O) groups excluding carboxylic acids is 2. The zero-order valence-electron chi connectivity index (χ0n) is 10.8.